The summed E-state index contributed by atoms with van der Waals surface area (Å²) in [5.41, 5.74) is 0.553. The topological polar surface area (TPSA) is 49.8 Å². The zero-order valence-electron chi connectivity index (χ0n) is 5.10. The van der Waals surface area contributed by atoms with Gasteiger partial charge < -0.3 is 14.7 Å². The fourth-order valence-corrected chi connectivity index (χ4v) is 0.968. The summed E-state index contributed by atoms with van der Waals surface area (Å²) < 4.78 is 2.56. The summed E-state index contributed by atoms with van der Waals surface area (Å²) in [5.74, 6) is 0.151. The molecule has 0 aliphatic carbocycles. The lowest BCUT2D eigenvalue weighted by Crippen LogP contribution is -1.84. The van der Waals surface area contributed by atoms with Gasteiger partial charge in [-0.15, -0.1) is 0 Å². The SMILES string of the molecule is Oc1cc2n(O)ccn2c1. The molecule has 0 amide bonds. The van der Waals surface area contributed by atoms with Crippen LogP contribution in [0.3, 0.4) is 0 Å². The molecule has 0 radical (unpaired) electrons. The highest BCUT2D eigenvalue weighted by molar-refractivity contribution is 5.46. The van der Waals surface area contributed by atoms with Crippen LogP contribution >= 0.6 is 0 Å². The zero-order chi connectivity index (χ0) is 7.14. The molecule has 4 heteroatoms. The van der Waals surface area contributed by atoms with E-state index in [9.17, 15) is 0 Å². The molecular formula is C6H6N2O2. The molecule has 52 valence electrons. The Labute approximate surface area is 56.5 Å². The maximum Gasteiger partial charge on any atom is 0.156 e. The third-order valence-corrected chi connectivity index (χ3v) is 1.42. The second-order valence-corrected chi connectivity index (χ2v) is 2.11. The van der Waals surface area contributed by atoms with E-state index in [1.807, 2.05) is 0 Å². The van der Waals surface area contributed by atoms with Crippen molar-refractivity contribution in [2.75, 3.05) is 0 Å². The quantitative estimate of drug-likeness (QED) is 0.526. The smallest absolute Gasteiger partial charge is 0.156 e. The second kappa shape index (κ2) is 1.47. The summed E-state index contributed by atoms with van der Waals surface area (Å²) in [5, 5.41) is 17.9. The first kappa shape index (κ1) is 5.22. The van der Waals surface area contributed by atoms with Gasteiger partial charge in [0, 0.05) is 12.3 Å². The molecule has 10 heavy (non-hydrogen) atoms. The molecule has 2 heterocycles. The van der Waals surface area contributed by atoms with Crippen molar-refractivity contribution in [3.63, 3.8) is 0 Å². The third-order valence-electron chi connectivity index (χ3n) is 1.42. The number of rotatable bonds is 0. The fraction of sp³-hybridized carbons (Fsp3) is 0. The number of imidazole rings is 1. The zero-order valence-corrected chi connectivity index (χ0v) is 5.10. The maximum absolute atomic E-state index is 9.01. The fourth-order valence-electron chi connectivity index (χ4n) is 0.968. The van der Waals surface area contributed by atoms with Crippen LogP contribution in [0.15, 0.2) is 24.7 Å². The minimum absolute atomic E-state index is 0.151. The van der Waals surface area contributed by atoms with Crippen molar-refractivity contribution in [2.24, 2.45) is 0 Å². The predicted molar refractivity (Wildman–Crippen MR) is 34.2 cm³/mol. The van der Waals surface area contributed by atoms with E-state index in [2.05, 4.69) is 0 Å². The van der Waals surface area contributed by atoms with E-state index in [0.717, 1.165) is 4.73 Å². The molecule has 2 N–H and O–H groups in total. The van der Waals surface area contributed by atoms with Gasteiger partial charge in [-0.1, -0.05) is 0 Å². The summed E-state index contributed by atoms with van der Waals surface area (Å²) in [6, 6.07) is 1.47. The number of fused-ring (bicyclic) bond motifs is 1. The highest BCUT2D eigenvalue weighted by Gasteiger charge is 2.00. The Morgan fingerprint density at radius 3 is 2.80 bits per heavy atom. The maximum atomic E-state index is 9.01. The molecule has 0 bridgehead atoms. The standard InChI is InChI=1S/C6H6N2O2/c9-5-3-6-7(4-5)1-2-8(6)10/h1-4,9-10H. The Balaban J connectivity index is 2.90. The average Bonchev–Trinajstić information content (AvgIpc) is 2.35. The van der Waals surface area contributed by atoms with Crippen LogP contribution in [-0.4, -0.2) is 19.4 Å². The number of hydrogen-bond acceptors (Lipinski definition) is 2. The highest BCUT2D eigenvalue weighted by Crippen LogP contribution is 2.14. The Kier molecular flexibility index (Phi) is 0.768. The van der Waals surface area contributed by atoms with E-state index in [0.29, 0.717) is 5.65 Å². The van der Waals surface area contributed by atoms with Crippen LogP contribution in [0, 0.1) is 0 Å². The van der Waals surface area contributed by atoms with Crippen molar-refractivity contribution in [1.29, 1.82) is 0 Å². The number of aromatic hydroxyl groups is 1. The van der Waals surface area contributed by atoms with E-state index in [4.69, 9.17) is 10.3 Å². The largest absolute Gasteiger partial charge is 0.506 e. The van der Waals surface area contributed by atoms with Gasteiger partial charge in [0.25, 0.3) is 0 Å². The molecule has 2 rings (SSSR count). The third kappa shape index (κ3) is 0.500. The van der Waals surface area contributed by atoms with Crippen molar-refractivity contribution in [3.8, 4) is 5.75 Å². The first-order valence-electron chi connectivity index (χ1n) is 2.84. The van der Waals surface area contributed by atoms with E-state index in [1.54, 1.807) is 10.6 Å². The molecule has 4 nitrogen and oxygen atoms in total. The number of aromatic nitrogens is 2. The van der Waals surface area contributed by atoms with Gasteiger partial charge in [0.05, 0.1) is 12.4 Å². The van der Waals surface area contributed by atoms with Crippen molar-refractivity contribution in [1.82, 2.24) is 9.13 Å². The molecule has 0 saturated carbocycles. The van der Waals surface area contributed by atoms with Crippen molar-refractivity contribution in [2.45, 2.75) is 0 Å². The number of hydrogen-bond donors (Lipinski definition) is 2. The monoisotopic (exact) mass is 138 g/mol. The van der Waals surface area contributed by atoms with E-state index in [1.165, 1.54) is 18.5 Å². The van der Waals surface area contributed by atoms with Crippen LogP contribution in [0.2, 0.25) is 0 Å². The van der Waals surface area contributed by atoms with Gasteiger partial charge in [0.2, 0.25) is 0 Å². The van der Waals surface area contributed by atoms with Crippen LogP contribution in [0.4, 0.5) is 0 Å². The lowest BCUT2D eigenvalue weighted by molar-refractivity contribution is 0.199. The first-order valence-corrected chi connectivity index (χ1v) is 2.84. The van der Waals surface area contributed by atoms with Gasteiger partial charge in [0.1, 0.15) is 5.75 Å². The van der Waals surface area contributed by atoms with Crippen LogP contribution in [-0.2, 0) is 0 Å². The molecule has 0 spiro atoms. The molecule has 0 saturated heterocycles. The lowest BCUT2D eigenvalue weighted by atomic mass is 10.6. The van der Waals surface area contributed by atoms with Crippen LogP contribution in [0.5, 0.6) is 5.75 Å². The minimum atomic E-state index is 0.151. The van der Waals surface area contributed by atoms with Crippen molar-refractivity contribution in [3.05, 3.63) is 24.7 Å². The Morgan fingerprint density at radius 2 is 2.10 bits per heavy atom. The molecule has 0 atom stereocenters. The molecule has 0 fully saturated rings. The molecule has 0 aliphatic rings. The summed E-state index contributed by atoms with van der Waals surface area (Å²) in [6.45, 7) is 0. The number of nitrogens with zero attached hydrogens (tertiary/aromatic N) is 2. The lowest BCUT2D eigenvalue weighted by Gasteiger charge is -1.85. The van der Waals surface area contributed by atoms with E-state index >= 15 is 0 Å². The molecular weight excluding hydrogens is 132 g/mol. The molecule has 2 aromatic rings. The van der Waals surface area contributed by atoms with Crippen molar-refractivity contribution >= 4 is 5.65 Å². The van der Waals surface area contributed by atoms with Crippen LogP contribution in [0.25, 0.3) is 5.65 Å². The average molecular weight is 138 g/mol. The van der Waals surface area contributed by atoms with Gasteiger partial charge in [-0.05, 0) is 0 Å². The molecule has 0 unspecified atom stereocenters. The Hall–Kier alpha value is -1.58. The van der Waals surface area contributed by atoms with Gasteiger partial charge in [0.15, 0.2) is 5.65 Å². The normalized spacial score (nSPS) is 10.8. The predicted octanol–water partition coefficient (Wildman–Crippen LogP) is 0.684. The van der Waals surface area contributed by atoms with Crippen LogP contribution in [0.1, 0.15) is 0 Å². The van der Waals surface area contributed by atoms with Gasteiger partial charge >= 0.3 is 0 Å². The summed E-state index contributed by atoms with van der Waals surface area (Å²) in [7, 11) is 0. The van der Waals surface area contributed by atoms with Gasteiger partial charge in [-0.2, -0.15) is 4.73 Å². The van der Waals surface area contributed by atoms with E-state index < -0.39 is 0 Å². The molecule has 0 aromatic carbocycles. The summed E-state index contributed by atoms with van der Waals surface area (Å²) in [6.07, 6.45) is 4.66. The highest BCUT2D eigenvalue weighted by atomic mass is 16.5. The molecule has 2 aromatic heterocycles. The summed E-state index contributed by atoms with van der Waals surface area (Å²) >= 11 is 0. The molecule has 0 aliphatic heterocycles. The Morgan fingerprint density at radius 1 is 1.30 bits per heavy atom. The van der Waals surface area contributed by atoms with E-state index in [-0.39, 0.29) is 5.75 Å². The minimum Gasteiger partial charge on any atom is -0.506 e. The van der Waals surface area contributed by atoms with Crippen molar-refractivity contribution < 1.29 is 10.3 Å². The van der Waals surface area contributed by atoms with Crippen LogP contribution < -0.4 is 0 Å². The summed E-state index contributed by atoms with van der Waals surface area (Å²) in [4.78, 5) is 0. The Bertz CT molecular complexity index is 361. The second-order valence-electron chi connectivity index (χ2n) is 2.11. The van der Waals surface area contributed by atoms with Gasteiger partial charge in [-0.25, -0.2) is 0 Å². The first-order chi connectivity index (χ1) is 4.77. The van der Waals surface area contributed by atoms with Gasteiger partial charge in [-0.3, -0.25) is 0 Å².